The number of benzene rings is 2. The van der Waals surface area contributed by atoms with Crippen molar-refractivity contribution in [2.75, 3.05) is 19.8 Å². The van der Waals surface area contributed by atoms with Crippen LogP contribution in [0.1, 0.15) is 56.6 Å². The number of aliphatic hydroxyl groups excluding tert-OH is 1. The predicted molar refractivity (Wildman–Crippen MR) is 176 cm³/mol. The summed E-state index contributed by atoms with van der Waals surface area (Å²) in [5, 5.41) is 20.1. The third kappa shape index (κ3) is 14.7. The van der Waals surface area contributed by atoms with Gasteiger partial charge >= 0.3 is 18.2 Å². The molecule has 4 amide bonds. The lowest BCUT2D eigenvalue weighted by Crippen LogP contribution is -2.46. The van der Waals surface area contributed by atoms with Gasteiger partial charge in [-0.15, -0.1) is 0 Å². The first-order chi connectivity index (χ1) is 23.2. The SMILES string of the molecule is C[C@H](CO)NC(=O)C[C@H]1CC=CC[C@@H](NC(=O)OCc2ccccc2)C(=O)OC[C@H](CCCCNC(=O)OCc2ccccc2)NC1=O. The fourth-order valence-electron chi connectivity index (χ4n) is 4.78. The number of alkyl carbamates (subject to hydrolysis) is 2. The Hall–Kier alpha value is -4.91. The number of allylic oxidation sites excluding steroid dienone is 1. The first kappa shape index (κ1) is 37.5. The lowest BCUT2D eigenvalue weighted by atomic mass is 9.97. The normalized spacial score (nSPS) is 18.9. The van der Waals surface area contributed by atoms with E-state index in [1.54, 1.807) is 19.1 Å². The Labute approximate surface area is 280 Å². The predicted octanol–water partition coefficient (Wildman–Crippen LogP) is 3.26. The third-order valence-electron chi connectivity index (χ3n) is 7.47. The van der Waals surface area contributed by atoms with Crippen LogP contribution in [0.25, 0.3) is 0 Å². The minimum absolute atomic E-state index is 0.0244. The topological polar surface area (TPSA) is 181 Å². The summed E-state index contributed by atoms with van der Waals surface area (Å²) in [6.07, 6.45) is 3.71. The van der Waals surface area contributed by atoms with Crippen LogP contribution in [0.2, 0.25) is 0 Å². The van der Waals surface area contributed by atoms with E-state index in [0.29, 0.717) is 25.8 Å². The summed E-state index contributed by atoms with van der Waals surface area (Å²) in [5.74, 6) is -2.18. The molecule has 48 heavy (non-hydrogen) atoms. The summed E-state index contributed by atoms with van der Waals surface area (Å²) in [5.41, 5.74) is 1.66. The van der Waals surface area contributed by atoms with Crippen molar-refractivity contribution in [3.05, 3.63) is 83.9 Å². The third-order valence-corrected chi connectivity index (χ3v) is 7.47. The van der Waals surface area contributed by atoms with E-state index >= 15 is 0 Å². The molecule has 260 valence electrons. The molecule has 1 heterocycles. The molecule has 13 heteroatoms. The van der Waals surface area contributed by atoms with Crippen LogP contribution in [0.5, 0.6) is 0 Å². The van der Waals surface area contributed by atoms with Gasteiger partial charge in [-0.2, -0.15) is 0 Å². The van der Waals surface area contributed by atoms with Crippen molar-refractivity contribution in [1.82, 2.24) is 21.3 Å². The zero-order valence-electron chi connectivity index (χ0n) is 27.2. The fourth-order valence-corrected chi connectivity index (χ4v) is 4.78. The van der Waals surface area contributed by atoms with Gasteiger partial charge in [0, 0.05) is 19.0 Å². The highest BCUT2D eigenvalue weighted by Crippen LogP contribution is 2.15. The van der Waals surface area contributed by atoms with Gasteiger partial charge in [-0.25, -0.2) is 14.4 Å². The second-order valence-corrected chi connectivity index (χ2v) is 11.6. The second-order valence-electron chi connectivity index (χ2n) is 11.6. The minimum atomic E-state index is -1.04. The van der Waals surface area contributed by atoms with Crippen LogP contribution in [0.4, 0.5) is 9.59 Å². The molecule has 0 aliphatic carbocycles. The number of rotatable bonds is 14. The number of carbonyl (C=O) groups excluding carboxylic acids is 5. The monoisotopic (exact) mass is 666 g/mol. The summed E-state index contributed by atoms with van der Waals surface area (Å²) in [4.78, 5) is 63.6. The molecule has 2 aromatic carbocycles. The van der Waals surface area contributed by atoms with Crippen molar-refractivity contribution < 1.29 is 43.3 Å². The lowest BCUT2D eigenvalue weighted by Gasteiger charge is -2.24. The Balaban J connectivity index is 1.58. The molecule has 2 aromatic rings. The van der Waals surface area contributed by atoms with E-state index in [1.807, 2.05) is 60.7 Å². The van der Waals surface area contributed by atoms with Crippen molar-refractivity contribution in [2.24, 2.45) is 5.92 Å². The van der Waals surface area contributed by atoms with Crippen LogP contribution >= 0.6 is 0 Å². The Morgan fingerprint density at radius 3 is 2.19 bits per heavy atom. The Kier molecular flexibility index (Phi) is 16.5. The first-order valence-electron chi connectivity index (χ1n) is 16.2. The number of hydrogen-bond acceptors (Lipinski definition) is 9. The van der Waals surface area contributed by atoms with Gasteiger partial charge in [0.1, 0.15) is 25.9 Å². The highest BCUT2D eigenvalue weighted by molar-refractivity contribution is 5.86. The van der Waals surface area contributed by atoms with Crippen molar-refractivity contribution in [3.63, 3.8) is 0 Å². The maximum atomic E-state index is 13.3. The van der Waals surface area contributed by atoms with Gasteiger partial charge in [-0.05, 0) is 50.2 Å². The van der Waals surface area contributed by atoms with Crippen LogP contribution in [0.3, 0.4) is 0 Å². The van der Waals surface area contributed by atoms with E-state index in [2.05, 4.69) is 21.3 Å². The van der Waals surface area contributed by atoms with Crippen molar-refractivity contribution in [3.8, 4) is 0 Å². The molecule has 0 bridgehead atoms. The standard InChI is InChI=1S/C35H46N4O9/c1-25(21-40)37-31(41)20-28-16-8-9-18-30(39-35(45)48-23-27-14-6-3-7-15-27)33(43)46-24-29(38-32(28)42)17-10-11-19-36-34(44)47-22-26-12-4-2-5-13-26/h2-9,12-15,25,28-30,40H,10-11,16-24H2,1H3,(H,36,44)(H,37,41)(H,38,42)(H,39,45)/t25-,28-,29+,30-/m1/s1. The molecule has 0 saturated carbocycles. The molecule has 0 fully saturated rings. The van der Waals surface area contributed by atoms with E-state index in [1.165, 1.54) is 0 Å². The van der Waals surface area contributed by atoms with Crippen LogP contribution < -0.4 is 21.3 Å². The van der Waals surface area contributed by atoms with Crippen LogP contribution in [0, 0.1) is 5.92 Å². The molecule has 0 unspecified atom stereocenters. The van der Waals surface area contributed by atoms with E-state index in [0.717, 1.165) is 11.1 Å². The van der Waals surface area contributed by atoms with Crippen LogP contribution in [-0.2, 0) is 41.8 Å². The van der Waals surface area contributed by atoms with Crippen LogP contribution in [-0.4, -0.2) is 73.0 Å². The maximum absolute atomic E-state index is 13.3. The average Bonchev–Trinajstić information content (AvgIpc) is 3.09. The quantitative estimate of drug-likeness (QED) is 0.0875. The zero-order valence-corrected chi connectivity index (χ0v) is 27.2. The molecular formula is C35H46N4O9. The molecule has 0 saturated heterocycles. The molecule has 1 aliphatic heterocycles. The number of hydrogen-bond donors (Lipinski definition) is 5. The summed E-state index contributed by atoms with van der Waals surface area (Å²) >= 11 is 0. The smallest absolute Gasteiger partial charge is 0.408 e. The van der Waals surface area contributed by atoms with Gasteiger partial charge in [0.2, 0.25) is 11.8 Å². The molecule has 0 aromatic heterocycles. The Bertz CT molecular complexity index is 1340. The largest absolute Gasteiger partial charge is 0.462 e. The number of cyclic esters (lactones) is 1. The van der Waals surface area contributed by atoms with Crippen molar-refractivity contribution in [2.45, 2.75) is 76.8 Å². The van der Waals surface area contributed by atoms with E-state index < -0.39 is 42.2 Å². The van der Waals surface area contributed by atoms with Crippen molar-refractivity contribution >= 4 is 30.0 Å². The molecule has 1 aliphatic rings. The number of ether oxygens (including phenoxy) is 3. The van der Waals surface area contributed by atoms with Gasteiger partial charge in [0.15, 0.2) is 0 Å². The van der Waals surface area contributed by atoms with Crippen LogP contribution in [0.15, 0.2) is 72.8 Å². The first-order valence-corrected chi connectivity index (χ1v) is 16.2. The molecular weight excluding hydrogens is 620 g/mol. The van der Waals surface area contributed by atoms with E-state index in [9.17, 15) is 29.1 Å². The van der Waals surface area contributed by atoms with Gasteiger partial charge in [0.05, 0.1) is 18.6 Å². The summed E-state index contributed by atoms with van der Waals surface area (Å²) in [7, 11) is 0. The number of unbranched alkanes of at least 4 members (excludes halogenated alkanes) is 1. The summed E-state index contributed by atoms with van der Waals surface area (Å²) < 4.78 is 16.1. The van der Waals surface area contributed by atoms with E-state index in [4.69, 9.17) is 14.2 Å². The fraction of sp³-hybridized carbons (Fsp3) is 0.457. The zero-order chi connectivity index (χ0) is 34.6. The number of nitrogens with one attached hydrogen (secondary N) is 4. The van der Waals surface area contributed by atoms with Gasteiger partial charge < -0.3 is 40.6 Å². The van der Waals surface area contributed by atoms with Crippen molar-refractivity contribution in [1.29, 1.82) is 0 Å². The van der Waals surface area contributed by atoms with Gasteiger partial charge in [-0.3, -0.25) is 9.59 Å². The Morgan fingerprint density at radius 1 is 0.917 bits per heavy atom. The molecule has 0 radical (unpaired) electrons. The molecule has 4 atom stereocenters. The lowest BCUT2D eigenvalue weighted by molar-refractivity contribution is -0.147. The molecule has 5 N–H and O–H groups in total. The highest BCUT2D eigenvalue weighted by Gasteiger charge is 2.28. The van der Waals surface area contributed by atoms with E-state index in [-0.39, 0.29) is 57.5 Å². The summed E-state index contributed by atoms with van der Waals surface area (Å²) in [6, 6.07) is 16.3. The minimum Gasteiger partial charge on any atom is -0.462 e. The number of esters is 1. The Morgan fingerprint density at radius 2 is 1.54 bits per heavy atom. The molecule has 3 rings (SSSR count). The number of carbonyl (C=O) groups is 5. The number of aliphatic hydroxyl groups is 1. The molecule has 13 nitrogen and oxygen atoms in total. The van der Waals surface area contributed by atoms with Gasteiger partial charge in [-0.1, -0.05) is 72.8 Å². The average molecular weight is 667 g/mol. The van der Waals surface area contributed by atoms with Gasteiger partial charge in [0.25, 0.3) is 0 Å². The second kappa shape index (κ2) is 21.1. The highest BCUT2D eigenvalue weighted by atomic mass is 16.6. The molecule has 0 spiro atoms. The maximum Gasteiger partial charge on any atom is 0.408 e. The summed E-state index contributed by atoms with van der Waals surface area (Å²) in [6.45, 7) is 1.76. The number of amides is 4.